The third-order valence-electron chi connectivity index (χ3n) is 5.76. The molecule has 1 aromatic heterocycles. The Kier molecular flexibility index (Phi) is 4.37. The molecule has 4 heteroatoms. The second-order valence-corrected chi connectivity index (χ2v) is 8.06. The summed E-state index contributed by atoms with van der Waals surface area (Å²) < 4.78 is 12.7. The standard InChI is InChI=1S/C19H25FN2S/c1-22-9-3-6-14(22)10-17-16-11-15(23-12-20)7-8-18(16)21-19(17)13-4-2-5-13/h7-8,11,13-14,21H,2-6,9-10,12H2,1H3/t14-/m1/s1. The SMILES string of the molecule is CN1CCC[C@@H]1Cc1c(C2CCC2)[nH]c2ccc(SCF)cc12. The summed E-state index contributed by atoms with van der Waals surface area (Å²) in [5.41, 5.74) is 4.20. The number of aromatic amines is 1. The third-order valence-corrected chi connectivity index (χ3v) is 6.45. The van der Waals surface area contributed by atoms with Crippen molar-refractivity contribution in [2.45, 2.75) is 55.4 Å². The van der Waals surface area contributed by atoms with Gasteiger partial charge in [-0.3, -0.25) is 0 Å². The number of thioether (sulfide) groups is 1. The van der Waals surface area contributed by atoms with Crippen LogP contribution < -0.4 is 0 Å². The van der Waals surface area contributed by atoms with Crippen LogP contribution in [0.15, 0.2) is 23.1 Å². The number of benzene rings is 1. The zero-order chi connectivity index (χ0) is 15.8. The first-order chi connectivity index (χ1) is 11.3. The van der Waals surface area contributed by atoms with Crippen molar-refractivity contribution < 1.29 is 4.39 Å². The smallest absolute Gasteiger partial charge is 0.139 e. The fourth-order valence-electron chi connectivity index (χ4n) is 4.14. The maximum atomic E-state index is 12.7. The molecule has 0 amide bonds. The highest BCUT2D eigenvalue weighted by atomic mass is 32.2. The molecule has 1 atom stereocenters. The van der Waals surface area contributed by atoms with E-state index in [0.717, 1.165) is 11.3 Å². The molecule has 1 saturated heterocycles. The summed E-state index contributed by atoms with van der Waals surface area (Å²) in [6.45, 7) is 1.22. The van der Waals surface area contributed by atoms with Crippen molar-refractivity contribution in [3.05, 3.63) is 29.5 Å². The van der Waals surface area contributed by atoms with E-state index in [2.05, 4.69) is 29.1 Å². The van der Waals surface area contributed by atoms with Crippen LogP contribution in [0.1, 0.15) is 49.3 Å². The van der Waals surface area contributed by atoms with Crippen molar-refractivity contribution in [3.63, 3.8) is 0 Å². The number of nitrogens with zero attached hydrogens (tertiary/aromatic N) is 1. The van der Waals surface area contributed by atoms with Gasteiger partial charge in [0.1, 0.15) is 6.01 Å². The van der Waals surface area contributed by atoms with Crippen LogP contribution in [0, 0.1) is 0 Å². The Morgan fingerprint density at radius 1 is 1.26 bits per heavy atom. The van der Waals surface area contributed by atoms with Crippen molar-refractivity contribution in [1.82, 2.24) is 9.88 Å². The van der Waals surface area contributed by atoms with Crippen LogP contribution in [0.5, 0.6) is 0 Å². The monoisotopic (exact) mass is 332 g/mol. The number of fused-ring (bicyclic) bond motifs is 1. The first-order valence-corrected chi connectivity index (χ1v) is 9.78. The number of aromatic nitrogens is 1. The Balaban J connectivity index is 1.74. The molecule has 23 heavy (non-hydrogen) atoms. The largest absolute Gasteiger partial charge is 0.358 e. The molecule has 1 aliphatic carbocycles. The Bertz CT molecular complexity index is 692. The maximum absolute atomic E-state index is 12.7. The Hall–Kier alpha value is -1.00. The van der Waals surface area contributed by atoms with Crippen molar-refractivity contribution in [1.29, 1.82) is 0 Å². The Labute approximate surface area is 141 Å². The molecule has 4 rings (SSSR count). The lowest BCUT2D eigenvalue weighted by atomic mass is 9.80. The van der Waals surface area contributed by atoms with Crippen LogP contribution in [0.3, 0.4) is 0 Å². The summed E-state index contributed by atoms with van der Waals surface area (Å²) in [7, 11) is 2.25. The summed E-state index contributed by atoms with van der Waals surface area (Å²) in [5.74, 6) is 0.710. The first kappa shape index (κ1) is 15.5. The summed E-state index contributed by atoms with van der Waals surface area (Å²) in [6, 6.07) is 6.68. The molecule has 0 bridgehead atoms. The molecule has 1 aromatic carbocycles. The Morgan fingerprint density at radius 2 is 2.13 bits per heavy atom. The summed E-state index contributed by atoms with van der Waals surface area (Å²) in [5, 5.41) is 1.32. The van der Waals surface area contributed by atoms with Crippen molar-refractivity contribution >= 4 is 22.7 Å². The highest BCUT2D eigenvalue weighted by Crippen LogP contribution is 2.41. The zero-order valence-corrected chi connectivity index (χ0v) is 14.6. The minimum atomic E-state index is -0.355. The number of likely N-dealkylation sites (tertiary alicyclic amines) is 1. The molecular weight excluding hydrogens is 307 g/mol. The summed E-state index contributed by atoms with van der Waals surface area (Å²) >= 11 is 1.29. The van der Waals surface area contributed by atoms with E-state index >= 15 is 0 Å². The van der Waals surface area contributed by atoms with Gasteiger partial charge >= 0.3 is 0 Å². The fraction of sp³-hybridized carbons (Fsp3) is 0.579. The number of hydrogen-bond acceptors (Lipinski definition) is 2. The normalized spacial score (nSPS) is 22.8. The fourth-order valence-corrected chi connectivity index (χ4v) is 4.63. The van der Waals surface area contributed by atoms with E-state index in [1.54, 1.807) is 0 Å². The molecular formula is C19H25FN2S. The van der Waals surface area contributed by atoms with Gasteiger partial charge in [0.05, 0.1) is 0 Å². The van der Waals surface area contributed by atoms with Crippen molar-refractivity contribution in [2.24, 2.45) is 0 Å². The molecule has 2 fully saturated rings. The van der Waals surface area contributed by atoms with Gasteiger partial charge in [0.15, 0.2) is 0 Å². The van der Waals surface area contributed by atoms with E-state index in [1.165, 1.54) is 72.6 Å². The van der Waals surface area contributed by atoms with Gasteiger partial charge in [-0.25, -0.2) is 4.39 Å². The maximum Gasteiger partial charge on any atom is 0.139 e. The number of alkyl halides is 1. The molecule has 1 aliphatic heterocycles. The average Bonchev–Trinajstić information content (AvgIpc) is 3.04. The second kappa shape index (κ2) is 6.48. The lowest BCUT2D eigenvalue weighted by Gasteiger charge is -2.27. The van der Waals surface area contributed by atoms with E-state index in [0.29, 0.717) is 12.0 Å². The van der Waals surface area contributed by atoms with Crippen molar-refractivity contribution in [3.8, 4) is 0 Å². The van der Waals surface area contributed by atoms with Crippen LogP contribution in [0.25, 0.3) is 10.9 Å². The number of hydrogen-bond donors (Lipinski definition) is 1. The van der Waals surface area contributed by atoms with Gasteiger partial charge in [-0.05, 0) is 75.4 Å². The van der Waals surface area contributed by atoms with Gasteiger partial charge in [0.2, 0.25) is 0 Å². The van der Waals surface area contributed by atoms with E-state index in [-0.39, 0.29) is 6.01 Å². The topological polar surface area (TPSA) is 19.0 Å². The van der Waals surface area contributed by atoms with Gasteiger partial charge in [-0.1, -0.05) is 18.2 Å². The minimum Gasteiger partial charge on any atom is -0.358 e. The highest BCUT2D eigenvalue weighted by Gasteiger charge is 2.29. The summed E-state index contributed by atoms with van der Waals surface area (Å²) in [6.07, 6.45) is 7.72. The number of halogens is 1. The lowest BCUT2D eigenvalue weighted by Crippen LogP contribution is -2.27. The third kappa shape index (κ3) is 2.91. The van der Waals surface area contributed by atoms with Crippen LogP contribution in [-0.2, 0) is 6.42 Å². The lowest BCUT2D eigenvalue weighted by molar-refractivity contribution is 0.308. The second-order valence-electron chi connectivity index (χ2n) is 7.09. The van der Waals surface area contributed by atoms with Gasteiger partial charge in [0.25, 0.3) is 0 Å². The Morgan fingerprint density at radius 3 is 2.78 bits per heavy atom. The van der Waals surface area contributed by atoms with E-state index in [1.807, 2.05) is 6.07 Å². The number of nitrogens with one attached hydrogen (secondary N) is 1. The van der Waals surface area contributed by atoms with Gasteiger partial charge in [0, 0.05) is 27.5 Å². The van der Waals surface area contributed by atoms with Crippen molar-refractivity contribution in [2.75, 3.05) is 19.6 Å². The molecule has 0 spiro atoms. The first-order valence-electron chi connectivity index (χ1n) is 8.79. The van der Waals surface area contributed by atoms with Crippen LogP contribution >= 0.6 is 11.8 Å². The zero-order valence-electron chi connectivity index (χ0n) is 13.8. The summed E-state index contributed by atoms with van der Waals surface area (Å²) in [4.78, 5) is 7.25. The van der Waals surface area contributed by atoms with Gasteiger partial charge < -0.3 is 9.88 Å². The van der Waals surface area contributed by atoms with Crippen LogP contribution in [0.4, 0.5) is 4.39 Å². The quantitative estimate of drug-likeness (QED) is 0.769. The predicted octanol–water partition coefficient (Wildman–Crippen LogP) is 5.09. The van der Waals surface area contributed by atoms with Crippen LogP contribution in [0.2, 0.25) is 0 Å². The van der Waals surface area contributed by atoms with E-state index < -0.39 is 0 Å². The molecule has 2 aromatic rings. The highest BCUT2D eigenvalue weighted by molar-refractivity contribution is 7.99. The number of rotatable bonds is 5. The molecule has 1 saturated carbocycles. The van der Waals surface area contributed by atoms with E-state index in [9.17, 15) is 4.39 Å². The predicted molar refractivity (Wildman–Crippen MR) is 96.1 cm³/mol. The molecule has 1 N–H and O–H groups in total. The molecule has 0 unspecified atom stereocenters. The molecule has 0 radical (unpaired) electrons. The van der Waals surface area contributed by atoms with Gasteiger partial charge in [-0.2, -0.15) is 0 Å². The molecule has 2 heterocycles. The van der Waals surface area contributed by atoms with E-state index in [4.69, 9.17) is 0 Å². The van der Waals surface area contributed by atoms with Gasteiger partial charge in [-0.15, -0.1) is 0 Å². The molecule has 124 valence electrons. The minimum absolute atomic E-state index is 0.355. The molecule has 2 aliphatic rings. The molecule has 2 nitrogen and oxygen atoms in total. The van der Waals surface area contributed by atoms with Crippen LogP contribution in [-0.4, -0.2) is 35.5 Å². The number of H-pyrrole nitrogens is 1. The number of likely N-dealkylation sites (N-methyl/N-ethyl adjacent to an activating group) is 1. The average molecular weight is 332 g/mol.